The van der Waals surface area contributed by atoms with Gasteiger partial charge in [0, 0.05) is 12.5 Å². The summed E-state index contributed by atoms with van der Waals surface area (Å²) in [6.45, 7) is 2.05. The van der Waals surface area contributed by atoms with E-state index in [2.05, 4.69) is 5.32 Å². The van der Waals surface area contributed by atoms with Gasteiger partial charge < -0.3 is 10.4 Å². The molecule has 0 aromatic heterocycles. The Labute approximate surface area is 48.9 Å². The second kappa shape index (κ2) is 1.25. The molecule has 2 aliphatic rings. The van der Waals surface area contributed by atoms with Gasteiger partial charge in [0.15, 0.2) is 0 Å². The normalized spacial score (nSPS) is 52.9. The molecule has 0 spiro atoms. The summed E-state index contributed by atoms with van der Waals surface area (Å²) in [5.41, 5.74) is -0.217. The van der Waals surface area contributed by atoms with Gasteiger partial charge in [-0.2, -0.15) is 0 Å². The maximum atomic E-state index is 9.41. The Kier molecular flexibility index (Phi) is 0.746. The summed E-state index contributed by atoms with van der Waals surface area (Å²) >= 11 is 0. The molecular formula is C6H11NO. The Morgan fingerprint density at radius 3 is 3.00 bits per heavy atom. The van der Waals surface area contributed by atoms with Crippen molar-refractivity contribution in [2.45, 2.75) is 18.4 Å². The van der Waals surface area contributed by atoms with Gasteiger partial charge >= 0.3 is 0 Å². The maximum absolute atomic E-state index is 9.41. The second-order valence-electron chi connectivity index (χ2n) is 2.96. The fourth-order valence-electron chi connectivity index (χ4n) is 1.52. The number of nitrogens with one attached hydrogen (secondary N) is 1. The molecule has 0 aromatic carbocycles. The average molecular weight is 113 g/mol. The summed E-state index contributed by atoms with van der Waals surface area (Å²) in [5.74, 6) is 0.594. The van der Waals surface area contributed by atoms with Crippen LogP contribution in [0.1, 0.15) is 12.8 Å². The highest BCUT2D eigenvalue weighted by molar-refractivity contribution is 5.06. The number of aliphatic hydroxyl groups is 1. The third-order valence-corrected chi connectivity index (χ3v) is 2.33. The highest BCUT2D eigenvalue weighted by Gasteiger charge is 2.53. The van der Waals surface area contributed by atoms with Crippen molar-refractivity contribution < 1.29 is 5.11 Å². The van der Waals surface area contributed by atoms with E-state index in [9.17, 15) is 5.11 Å². The third kappa shape index (κ3) is 0.501. The summed E-state index contributed by atoms with van der Waals surface area (Å²) in [6.07, 6.45) is 2.01. The van der Waals surface area contributed by atoms with E-state index in [1.165, 1.54) is 0 Å². The summed E-state index contributed by atoms with van der Waals surface area (Å²) in [4.78, 5) is 0. The van der Waals surface area contributed by atoms with Crippen molar-refractivity contribution in [3.63, 3.8) is 0 Å². The average Bonchev–Trinajstić information content (AvgIpc) is 2.39. The van der Waals surface area contributed by atoms with E-state index in [1.54, 1.807) is 0 Å². The molecule has 1 saturated carbocycles. The molecule has 0 bridgehead atoms. The SMILES string of the molecule is O[C@@]12CCNC[C@@H]1C2. The van der Waals surface area contributed by atoms with E-state index in [4.69, 9.17) is 0 Å². The van der Waals surface area contributed by atoms with Crippen LogP contribution in [0.4, 0.5) is 0 Å². The lowest BCUT2D eigenvalue weighted by Gasteiger charge is -2.16. The topological polar surface area (TPSA) is 32.3 Å². The van der Waals surface area contributed by atoms with Crippen LogP contribution in [-0.2, 0) is 0 Å². The molecule has 2 heteroatoms. The minimum atomic E-state index is -0.217. The summed E-state index contributed by atoms with van der Waals surface area (Å²) in [5, 5.41) is 12.6. The molecule has 1 saturated heterocycles. The number of piperidine rings is 1. The molecule has 8 heavy (non-hydrogen) atoms. The van der Waals surface area contributed by atoms with Gasteiger partial charge in [0.1, 0.15) is 0 Å². The highest BCUT2D eigenvalue weighted by Crippen LogP contribution is 2.46. The van der Waals surface area contributed by atoms with Crippen LogP contribution in [0.15, 0.2) is 0 Å². The van der Waals surface area contributed by atoms with Gasteiger partial charge in [0.25, 0.3) is 0 Å². The Bertz CT molecular complexity index is 113. The minimum Gasteiger partial charge on any atom is -0.389 e. The van der Waals surface area contributed by atoms with Crippen LogP contribution < -0.4 is 5.32 Å². The van der Waals surface area contributed by atoms with Crippen molar-refractivity contribution in [3.05, 3.63) is 0 Å². The first-order valence-electron chi connectivity index (χ1n) is 3.24. The highest BCUT2D eigenvalue weighted by atomic mass is 16.3. The first-order chi connectivity index (χ1) is 3.81. The molecule has 2 N–H and O–H groups in total. The lowest BCUT2D eigenvalue weighted by Crippen LogP contribution is -2.32. The molecule has 46 valence electrons. The Morgan fingerprint density at radius 2 is 2.50 bits per heavy atom. The lowest BCUT2D eigenvalue weighted by atomic mass is 10.1. The minimum absolute atomic E-state index is 0.217. The summed E-state index contributed by atoms with van der Waals surface area (Å²) in [7, 11) is 0. The van der Waals surface area contributed by atoms with E-state index in [0.29, 0.717) is 5.92 Å². The Morgan fingerprint density at radius 1 is 1.62 bits per heavy atom. The monoisotopic (exact) mass is 113 g/mol. The summed E-state index contributed by atoms with van der Waals surface area (Å²) < 4.78 is 0. The molecular weight excluding hydrogens is 102 g/mol. The largest absolute Gasteiger partial charge is 0.389 e. The van der Waals surface area contributed by atoms with Crippen LogP contribution >= 0.6 is 0 Å². The van der Waals surface area contributed by atoms with Crippen LogP contribution in [0.3, 0.4) is 0 Å². The maximum Gasteiger partial charge on any atom is 0.0705 e. The summed E-state index contributed by atoms with van der Waals surface area (Å²) in [6, 6.07) is 0. The molecule has 1 aliphatic heterocycles. The van der Waals surface area contributed by atoms with E-state index in [-0.39, 0.29) is 5.60 Å². The van der Waals surface area contributed by atoms with Gasteiger partial charge in [0.2, 0.25) is 0 Å². The van der Waals surface area contributed by atoms with Crippen LogP contribution in [0.25, 0.3) is 0 Å². The van der Waals surface area contributed by atoms with Gasteiger partial charge in [-0.1, -0.05) is 0 Å². The van der Waals surface area contributed by atoms with Gasteiger partial charge in [-0.3, -0.25) is 0 Å². The lowest BCUT2D eigenvalue weighted by molar-refractivity contribution is 0.108. The third-order valence-electron chi connectivity index (χ3n) is 2.33. The first kappa shape index (κ1) is 4.77. The smallest absolute Gasteiger partial charge is 0.0705 e. The standard InChI is InChI=1S/C6H11NO/c8-6-1-2-7-4-5(6)3-6/h5,7-8H,1-4H2/t5-,6+/m0/s1. The van der Waals surface area contributed by atoms with Gasteiger partial charge in [-0.15, -0.1) is 0 Å². The zero-order valence-corrected chi connectivity index (χ0v) is 4.85. The van der Waals surface area contributed by atoms with E-state index >= 15 is 0 Å². The molecule has 2 rings (SSSR count). The quantitative estimate of drug-likeness (QED) is 0.453. The number of hydrogen-bond acceptors (Lipinski definition) is 2. The van der Waals surface area contributed by atoms with Crippen LogP contribution in [-0.4, -0.2) is 23.8 Å². The zero-order chi connectivity index (χ0) is 5.61. The van der Waals surface area contributed by atoms with E-state index in [0.717, 1.165) is 25.9 Å². The Balaban J connectivity index is 2.04. The van der Waals surface area contributed by atoms with Gasteiger partial charge in [-0.25, -0.2) is 0 Å². The van der Waals surface area contributed by atoms with Crippen molar-refractivity contribution in [3.8, 4) is 0 Å². The first-order valence-corrected chi connectivity index (χ1v) is 3.24. The molecule has 2 atom stereocenters. The number of hydrogen-bond donors (Lipinski definition) is 2. The van der Waals surface area contributed by atoms with Crippen molar-refractivity contribution in [1.29, 1.82) is 0 Å². The predicted octanol–water partition coefficient (Wildman–Crippen LogP) is -0.269. The Hall–Kier alpha value is -0.0800. The van der Waals surface area contributed by atoms with Gasteiger partial charge in [0.05, 0.1) is 5.60 Å². The molecule has 0 aromatic rings. The molecule has 1 heterocycles. The molecule has 0 radical (unpaired) electrons. The van der Waals surface area contributed by atoms with Crippen LogP contribution in [0.5, 0.6) is 0 Å². The fourth-order valence-corrected chi connectivity index (χ4v) is 1.52. The zero-order valence-electron chi connectivity index (χ0n) is 4.85. The molecule has 0 unspecified atom stereocenters. The number of rotatable bonds is 0. The predicted molar refractivity (Wildman–Crippen MR) is 30.5 cm³/mol. The van der Waals surface area contributed by atoms with Crippen molar-refractivity contribution in [2.24, 2.45) is 5.92 Å². The fraction of sp³-hybridized carbons (Fsp3) is 1.00. The van der Waals surface area contributed by atoms with E-state index < -0.39 is 0 Å². The molecule has 0 amide bonds. The van der Waals surface area contributed by atoms with Crippen molar-refractivity contribution >= 4 is 0 Å². The van der Waals surface area contributed by atoms with Crippen molar-refractivity contribution in [1.82, 2.24) is 5.32 Å². The second-order valence-corrected chi connectivity index (χ2v) is 2.96. The van der Waals surface area contributed by atoms with Crippen LogP contribution in [0.2, 0.25) is 0 Å². The van der Waals surface area contributed by atoms with Gasteiger partial charge in [-0.05, 0) is 19.4 Å². The number of fused-ring (bicyclic) bond motifs is 1. The molecule has 2 fully saturated rings. The van der Waals surface area contributed by atoms with Crippen LogP contribution in [0, 0.1) is 5.92 Å². The molecule has 1 aliphatic carbocycles. The van der Waals surface area contributed by atoms with Crippen molar-refractivity contribution in [2.75, 3.05) is 13.1 Å². The van der Waals surface area contributed by atoms with E-state index in [1.807, 2.05) is 0 Å². The molecule has 2 nitrogen and oxygen atoms in total.